The van der Waals surface area contributed by atoms with Crippen LogP contribution in [0.15, 0.2) is 38.6 Å². The van der Waals surface area contributed by atoms with Gasteiger partial charge in [0.2, 0.25) is 5.16 Å². The zero-order valence-corrected chi connectivity index (χ0v) is 12.8. The fourth-order valence-electron chi connectivity index (χ4n) is 2.43. The molecule has 1 saturated carbocycles. The summed E-state index contributed by atoms with van der Waals surface area (Å²) in [5.41, 5.74) is 2.32. The summed E-state index contributed by atoms with van der Waals surface area (Å²) in [7, 11) is 0. The fourth-order valence-corrected chi connectivity index (χ4v) is 3.36. The molecule has 4 rings (SSSR count). The standard InChI is InChI=1S/C15H14N4O2S/c1-9-2-5-12-10(7-14(20)21-13(12)6-9)8-22-15-16-17-18-19(15)11-3-4-11/h2,5-7,11H,3-4,8H2,1H3. The van der Waals surface area contributed by atoms with E-state index in [0.717, 1.165) is 34.5 Å². The molecule has 6 nitrogen and oxygen atoms in total. The van der Waals surface area contributed by atoms with Crippen LogP contribution in [0.1, 0.15) is 30.0 Å². The Hall–Kier alpha value is -2.15. The molecule has 0 amide bonds. The average Bonchev–Trinajstić information content (AvgIpc) is 3.23. The van der Waals surface area contributed by atoms with Crippen LogP contribution in [0, 0.1) is 6.92 Å². The Bertz CT molecular complexity index is 898. The maximum atomic E-state index is 11.7. The summed E-state index contributed by atoms with van der Waals surface area (Å²) >= 11 is 1.55. The van der Waals surface area contributed by atoms with E-state index in [1.165, 1.54) is 0 Å². The van der Waals surface area contributed by atoms with Gasteiger partial charge in [0.05, 0.1) is 6.04 Å². The Morgan fingerprint density at radius 2 is 2.23 bits per heavy atom. The molecule has 7 heteroatoms. The number of benzene rings is 1. The summed E-state index contributed by atoms with van der Waals surface area (Å²) in [6.45, 7) is 1.98. The average molecular weight is 314 g/mol. The lowest BCUT2D eigenvalue weighted by Gasteiger charge is -2.06. The lowest BCUT2D eigenvalue weighted by atomic mass is 10.1. The summed E-state index contributed by atoms with van der Waals surface area (Å²) in [6.07, 6.45) is 2.27. The second-order valence-electron chi connectivity index (χ2n) is 5.52. The molecule has 1 fully saturated rings. The van der Waals surface area contributed by atoms with Crippen molar-refractivity contribution < 1.29 is 4.42 Å². The molecule has 1 aliphatic rings. The summed E-state index contributed by atoms with van der Waals surface area (Å²) in [5.74, 6) is 0.637. The number of hydrogen-bond donors (Lipinski definition) is 0. The summed E-state index contributed by atoms with van der Waals surface area (Å²) in [4.78, 5) is 11.7. The normalized spacial score (nSPS) is 14.6. The van der Waals surface area contributed by atoms with E-state index in [1.807, 2.05) is 29.8 Å². The van der Waals surface area contributed by atoms with Crippen LogP contribution in [0.25, 0.3) is 11.0 Å². The highest BCUT2D eigenvalue weighted by Gasteiger charge is 2.27. The van der Waals surface area contributed by atoms with Gasteiger partial charge in [0.1, 0.15) is 5.58 Å². The van der Waals surface area contributed by atoms with Gasteiger partial charge in [0.15, 0.2) is 0 Å². The lowest BCUT2D eigenvalue weighted by molar-refractivity contribution is 0.559. The van der Waals surface area contributed by atoms with Gasteiger partial charge in [-0.3, -0.25) is 0 Å². The van der Waals surface area contributed by atoms with Crippen molar-refractivity contribution in [3.05, 3.63) is 45.8 Å². The number of fused-ring (bicyclic) bond motifs is 1. The van der Waals surface area contributed by atoms with Crippen molar-refractivity contribution in [1.82, 2.24) is 20.2 Å². The predicted molar refractivity (Wildman–Crippen MR) is 82.9 cm³/mol. The maximum Gasteiger partial charge on any atom is 0.336 e. The van der Waals surface area contributed by atoms with E-state index in [1.54, 1.807) is 17.8 Å². The first-order valence-corrected chi connectivity index (χ1v) is 8.13. The second-order valence-corrected chi connectivity index (χ2v) is 6.46. The number of aromatic nitrogens is 4. The van der Waals surface area contributed by atoms with Crippen LogP contribution >= 0.6 is 11.8 Å². The number of aryl methyl sites for hydroxylation is 1. The van der Waals surface area contributed by atoms with E-state index in [-0.39, 0.29) is 5.63 Å². The molecule has 2 aromatic heterocycles. The second kappa shape index (κ2) is 5.24. The van der Waals surface area contributed by atoms with E-state index in [0.29, 0.717) is 17.4 Å². The van der Waals surface area contributed by atoms with Crippen LogP contribution in [0.5, 0.6) is 0 Å². The van der Waals surface area contributed by atoms with E-state index >= 15 is 0 Å². The van der Waals surface area contributed by atoms with Gasteiger partial charge in [-0.2, -0.15) is 0 Å². The SMILES string of the molecule is Cc1ccc2c(CSc3nnnn3C3CC3)cc(=O)oc2c1. The minimum absolute atomic E-state index is 0.324. The van der Waals surface area contributed by atoms with Crippen LogP contribution in [-0.2, 0) is 5.75 Å². The molecule has 22 heavy (non-hydrogen) atoms. The number of rotatable bonds is 4. The molecule has 0 spiro atoms. The summed E-state index contributed by atoms with van der Waals surface area (Å²) in [6, 6.07) is 7.89. The number of hydrogen-bond acceptors (Lipinski definition) is 6. The summed E-state index contributed by atoms with van der Waals surface area (Å²) < 4.78 is 7.16. The third kappa shape index (κ3) is 2.52. The van der Waals surface area contributed by atoms with E-state index in [4.69, 9.17) is 4.42 Å². The van der Waals surface area contributed by atoms with Crippen molar-refractivity contribution in [2.75, 3.05) is 0 Å². The highest BCUT2D eigenvalue weighted by Crippen LogP contribution is 2.37. The Kier molecular flexibility index (Phi) is 3.22. The molecule has 0 N–H and O–H groups in total. The van der Waals surface area contributed by atoms with Gasteiger partial charge in [-0.25, -0.2) is 9.48 Å². The Labute approximate surface area is 130 Å². The van der Waals surface area contributed by atoms with Gasteiger partial charge in [-0.15, -0.1) is 5.10 Å². The van der Waals surface area contributed by atoms with Crippen molar-refractivity contribution in [2.24, 2.45) is 0 Å². The highest BCUT2D eigenvalue weighted by molar-refractivity contribution is 7.98. The Morgan fingerprint density at radius 3 is 3.05 bits per heavy atom. The molecule has 0 radical (unpaired) electrons. The molecular weight excluding hydrogens is 300 g/mol. The van der Waals surface area contributed by atoms with E-state index in [9.17, 15) is 4.79 Å². The molecule has 1 aliphatic carbocycles. The van der Waals surface area contributed by atoms with Gasteiger partial charge < -0.3 is 4.42 Å². The third-order valence-electron chi connectivity index (χ3n) is 3.70. The molecule has 3 aromatic rings. The van der Waals surface area contributed by atoms with Crippen LogP contribution < -0.4 is 5.63 Å². The zero-order chi connectivity index (χ0) is 15.1. The third-order valence-corrected chi connectivity index (χ3v) is 4.68. The Balaban J connectivity index is 1.66. The quantitative estimate of drug-likeness (QED) is 0.544. The van der Waals surface area contributed by atoms with Crippen molar-refractivity contribution in [3.8, 4) is 0 Å². The van der Waals surface area contributed by atoms with Crippen molar-refractivity contribution in [2.45, 2.75) is 36.7 Å². The van der Waals surface area contributed by atoms with Gasteiger partial charge >= 0.3 is 5.63 Å². The highest BCUT2D eigenvalue weighted by atomic mass is 32.2. The van der Waals surface area contributed by atoms with Gasteiger partial charge in [0.25, 0.3) is 0 Å². The first kappa shape index (κ1) is 13.5. The van der Waals surface area contributed by atoms with Gasteiger partial charge in [-0.05, 0) is 47.4 Å². The van der Waals surface area contributed by atoms with Crippen LogP contribution in [0.4, 0.5) is 0 Å². The minimum Gasteiger partial charge on any atom is -0.423 e. The van der Waals surface area contributed by atoms with Crippen molar-refractivity contribution >= 4 is 22.7 Å². The molecular formula is C15H14N4O2S. The first-order valence-electron chi connectivity index (χ1n) is 7.15. The van der Waals surface area contributed by atoms with Crippen molar-refractivity contribution in [3.63, 3.8) is 0 Å². The maximum absolute atomic E-state index is 11.7. The first-order chi connectivity index (χ1) is 10.7. The molecule has 112 valence electrons. The number of tetrazole rings is 1. The molecule has 2 heterocycles. The predicted octanol–water partition coefficient (Wildman–Crippen LogP) is 2.72. The lowest BCUT2D eigenvalue weighted by Crippen LogP contribution is -2.02. The smallest absolute Gasteiger partial charge is 0.336 e. The zero-order valence-electron chi connectivity index (χ0n) is 12.0. The monoisotopic (exact) mass is 314 g/mol. The molecule has 0 bridgehead atoms. The minimum atomic E-state index is -0.324. The van der Waals surface area contributed by atoms with Crippen molar-refractivity contribution in [1.29, 1.82) is 0 Å². The van der Waals surface area contributed by atoms with Crippen LogP contribution in [0.2, 0.25) is 0 Å². The largest absolute Gasteiger partial charge is 0.423 e. The van der Waals surface area contributed by atoms with E-state index in [2.05, 4.69) is 15.5 Å². The number of nitrogens with zero attached hydrogens (tertiary/aromatic N) is 4. The molecule has 0 aliphatic heterocycles. The topological polar surface area (TPSA) is 73.8 Å². The van der Waals surface area contributed by atoms with Gasteiger partial charge in [0, 0.05) is 17.2 Å². The van der Waals surface area contributed by atoms with Crippen LogP contribution in [0.3, 0.4) is 0 Å². The Morgan fingerprint density at radius 1 is 1.36 bits per heavy atom. The number of thioether (sulfide) groups is 1. The molecule has 1 aromatic carbocycles. The van der Waals surface area contributed by atoms with E-state index < -0.39 is 0 Å². The fraction of sp³-hybridized carbons (Fsp3) is 0.333. The van der Waals surface area contributed by atoms with Crippen LogP contribution in [-0.4, -0.2) is 20.2 Å². The molecule has 0 atom stereocenters. The molecule has 0 unspecified atom stereocenters. The summed E-state index contributed by atoms with van der Waals surface area (Å²) in [5, 5.41) is 13.6. The van der Waals surface area contributed by atoms with Gasteiger partial charge in [-0.1, -0.05) is 23.9 Å². The molecule has 0 saturated heterocycles.